The molecular formula is H45Al7Ca12. The summed E-state index contributed by atoms with van der Waals surface area (Å²) in [5, 5.41) is 0. The molecule has 0 aromatic carbocycles. The zero-order valence-corrected chi connectivity index (χ0v) is 0. The van der Waals surface area contributed by atoms with Crippen LogP contribution in [0.2, 0.25) is 0 Å². The molecule has 0 saturated carbocycles. The fraction of sp³-hybridized carbons (Fsp3) is 0. The second-order valence-electron chi connectivity index (χ2n) is 0. The first-order valence-corrected chi connectivity index (χ1v) is 0. The van der Waals surface area contributed by atoms with Crippen LogP contribution in [-0.4, -0.2) is 574 Å². The van der Waals surface area contributed by atoms with Crippen molar-refractivity contribution in [2.75, 3.05) is 0 Å². The molecule has 19 heavy (non-hydrogen) atoms. The van der Waals surface area contributed by atoms with E-state index in [1.54, 1.807) is 0 Å². The van der Waals surface area contributed by atoms with Gasteiger partial charge in [-0.1, -0.05) is 0 Å². The molecule has 0 heterocycles. The summed E-state index contributed by atoms with van der Waals surface area (Å²) in [5.74, 6) is 0. The Labute approximate surface area is 553 Å². The van der Waals surface area contributed by atoms with Crippen LogP contribution in [-0.2, 0) is 0 Å². The van der Waals surface area contributed by atoms with Crippen molar-refractivity contribution in [1.82, 2.24) is 0 Å². The molecule has 0 saturated heterocycles. The van der Waals surface area contributed by atoms with Gasteiger partial charge in [-0.3, -0.25) is 0 Å². The van der Waals surface area contributed by atoms with E-state index >= 15 is 0 Å². The van der Waals surface area contributed by atoms with Gasteiger partial charge in [0, 0.05) is 0 Å². The van der Waals surface area contributed by atoms with Crippen LogP contribution in [0.25, 0.3) is 0 Å². The van der Waals surface area contributed by atoms with E-state index in [4.69, 9.17) is 0 Å². The van der Waals surface area contributed by atoms with E-state index in [0.29, 0.717) is 0 Å². The van der Waals surface area contributed by atoms with Crippen molar-refractivity contribution in [2.24, 2.45) is 0 Å². The Morgan fingerprint density at radius 1 is 0.105 bits per heavy atom. The zero-order chi connectivity index (χ0) is 0. The number of rotatable bonds is 0. The van der Waals surface area contributed by atoms with Crippen molar-refractivity contribution < 1.29 is 0 Å². The van der Waals surface area contributed by atoms with Gasteiger partial charge in [-0.15, -0.1) is 0 Å². The van der Waals surface area contributed by atoms with Gasteiger partial charge in [-0.25, -0.2) is 0 Å². The molecule has 0 unspecified atom stereocenters. The average molecular weight is 715 g/mol. The molecule has 0 spiro atoms. The first-order valence-electron chi connectivity index (χ1n) is 0. The van der Waals surface area contributed by atoms with Crippen molar-refractivity contribution in [3.05, 3.63) is 0 Å². The third kappa shape index (κ3) is 126. The van der Waals surface area contributed by atoms with Gasteiger partial charge < -0.3 is 0 Å². The molecule has 90 valence electrons. The summed E-state index contributed by atoms with van der Waals surface area (Å²) >= 11 is 0. The Bertz CT molecular complexity index is 18.0. The molecule has 0 bridgehead atoms. The first-order chi connectivity index (χ1) is 0. The molecule has 0 N–H and O–H groups in total. The second kappa shape index (κ2) is 133. The Kier molecular flexibility index (Phi) is 1020. The normalized spacial score (nSPS) is 0. The fourth-order valence-electron chi connectivity index (χ4n) is 0. The molecule has 0 fully saturated rings. The molecule has 0 radical (unpaired) electrons. The molecule has 0 aromatic rings. The summed E-state index contributed by atoms with van der Waals surface area (Å²) in [6, 6.07) is 0. The van der Waals surface area contributed by atoms with E-state index in [9.17, 15) is 0 Å². The summed E-state index contributed by atoms with van der Waals surface area (Å²) < 4.78 is 0. The van der Waals surface area contributed by atoms with Gasteiger partial charge in [-0.2, -0.15) is 0 Å². The van der Waals surface area contributed by atoms with Crippen LogP contribution < -0.4 is 0 Å². The molecule has 0 aliphatic rings. The van der Waals surface area contributed by atoms with Crippen LogP contribution in [0.1, 0.15) is 0 Å². The molecule has 0 aromatic heterocycles. The minimum atomic E-state index is 0. The number of hydrogen-bond acceptors (Lipinski definition) is 0. The number of hydrogen-bond donors (Lipinski definition) is 0. The molecular weight excluding hydrogens is 670 g/mol. The monoisotopic (exact) mass is 714 g/mol. The Balaban J connectivity index is 0. The summed E-state index contributed by atoms with van der Waals surface area (Å²) in [4.78, 5) is 0. The predicted octanol–water partition coefficient (Wildman–Crippen LogP) is -19.3. The third-order valence-electron chi connectivity index (χ3n) is 0. The maximum absolute atomic E-state index is 0. The van der Waals surface area contributed by atoms with Crippen molar-refractivity contribution in [3.63, 3.8) is 0 Å². The van der Waals surface area contributed by atoms with Gasteiger partial charge >= 0.3 is 453 Å². The molecule has 0 rings (SSSR count). The van der Waals surface area contributed by atoms with Crippen molar-refractivity contribution in [1.29, 1.82) is 0 Å². The van der Waals surface area contributed by atoms with Crippen molar-refractivity contribution >= 4 is 574 Å². The van der Waals surface area contributed by atoms with Gasteiger partial charge in [0.25, 0.3) is 0 Å². The molecule has 0 aliphatic heterocycles. The van der Waals surface area contributed by atoms with Crippen molar-refractivity contribution in [2.45, 2.75) is 0 Å². The summed E-state index contributed by atoms with van der Waals surface area (Å²) in [5.41, 5.74) is 0. The summed E-state index contributed by atoms with van der Waals surface area (Å²) in [6.07, 6.45) is 0. The SMILES string of the molecule is [AlH3].[AlH3].[AlH3].[AlH3].[AlH3].[AlH3].[AlH3].[CaH2].[CaH2].[CaH2].[CaH2].[CaH2].[CaH2].[CaH2].[CaH2].[CaH2].[CaH2].[CaH2].[CaH2]. The van der Waals surface area contributed by atoms with Crippen LogP contribution in [0.3, 0.4) is 0 Å². The van der Waals surface area contributed by atoms with Gasteiger partial charge in [0.15, 0.2) is 122 Å². The zero-order valence-electron chi connectivity index (χ0n) is 0. The Hall–Kier alpha value is 18.8. The van der Waals surface area contributed by atoms with Gasteiger partial charge in [0.2, 0.25) is 0 Å². The van der Waals surface area contributed by atoms with E-state index in [1.807, 2.05) is 0 Å². The molecule has 0 atom stereocenters. The standard InChI is InChI=1S/7Al.12Ca.45H. The van der Waals surface area contributed by atoms with Gasteiger partial charge in [-0.05, 0) is 0 Å². The predicted molar refractivity (Wildman–Crippen MR) is 172 cm³/mol. The van der Waals surface area contributed by atoms with Crippen LogP contribution in [0, 0.1) is 0 Å². The Morgan fingerprint density at radius 2 is 0.105 bits per heavy atom. The fourth-order valence-corrected chi connectivity index (χ4v) is 0. The average Bonchev–Trinajstić information content (AvgIpc) is 0. The van der Waals surface area contributed by atoms with E-state index in [1.165, 1.54) is 0 Å². The topological polar surface area (TPSA) is 0 Å². The Morgan fingerprint density at radius 3 is 0.105 bits per heavy atom. The van der Waals surface area contributed by atoms with Gasteiger partial charge in [0.1, 0.15) is 0 Å². The van der Waals surface area contributed by atoms with Crippen LogP contribution in [0.5, 0.6) is 0 Å². The van der Waals surface area contributed by atoms with Crippen molar-refractivity contribution in [3.8, 4) is 0 Å². The van der Waals surface area contributed by atoms with Gasteiger partial charge in [0.05, 0.1) is 0 Å². The van der Waals surface area contributed by atoms with Crippen LogP contribution in [0.4, 0.5) is 0 Å². The maximum atomic E-state index is 0. The third-order valence-corrected chi connectivity index (χ3v) is 0. The minimum absolute atomic E-state index is 0. The van der Waals surface area contributed by atoms with E-state index in [-0.39, 0.29) is 574 Å². The molecule has 0 aliphatic carbocycles. The van der Waals surface area contributed by atoms with E-state index in [0.717, 1.165) is 0 Å². The molecule has 19 heteroatoms. The van der Waals surface area contributed by atoms with Crippen LogP contribution >= 0.6 is 0 Å². The molecule has 0 amide bonds. The second-order valence-corrected chi connectivity index (χ2v) is 0. The molecule has 0 nitrogen and oxygen atoms in total. The van der Waals surface area contributed by atoms with E-state index in [2.05, 4.69) is 0 Å². The first kappa shape index (κ1) is 145. The van der Waals surface area contributed by atoms with E-state index < -0.39 is 0 Å². The summed E-state index contributed by atoms with van der Waals surface area (Å²) in [7, 11) is 0. The quantitative estimate of drug-likeness (QED) is 0.219. The van der Waals surface area contributed by atoms with Crippen LogP contribution in [0.15, 0.2) is 0 Å². The summed E-state index contributed by atoms with van der Waals surface area (Å²) in [6.45, 7) is 0.